The molecule has 0 saturated heterocycles. The van der Waals surface area contributed by atoms with Gasteiger partial charge >= 0.3 is 0 Å². The summed E-state index contributed by atoms with van der Waals surface area (Å²) < 4.78 is 5.38. The predicted octanol–water partition coefficient (Wildman–Crippen LogP) is 2.85. The van der Waals surface area contributed by atoms with Gasteiger partial charge in [0.15, 0.2) is 0 Å². The predicted molar refractivity (Wildman–Crippen MR) is 51.3 cm³/mol. The molecule has 2 heteroatoms. The Morgan fingerprint density at radius 1 is 1.31 bits per heavy atom. The molecule has 0 aliphatic rings. The van der Waals surface area contributed by atoms with E-state index >= 15 is 0 Å². The van der Waals surface area contributed by atoms with Gasteiger partial charge in [-0.1, -0.05) is 31.5 Å². The quantitative estimate of drug-likeness (QED) is 0.762. The van der Waals surface area contributed by atoms with E-state index in [0.29, 0.717) is 6.61 Å². The van der Waals surface area contributed by atoms with Crippen molar-refractivity contribution in [3.05, 3.63) is 36.8 Å². The summed E-state index contributed by atoms with van der Waals surface area (Å²) in [7, 11) is 0. The van der Waals surface area contributed by atoms with Gasteiger partial charge in [0.05, 0.1) is 0 Å². The first-order chi connectivity index (χ1) is 5.88. The van der Waals surface area contributed by atoms with Gasteiger partial charge in [0, 0.05) is 21.1 Å². The number of aryl methyl sites for hydroxylation is 1. The minimum absolute atomic E-state index is 0. The molecule has 0 aromatic heterocycles. The Hall–Kier alpha value is -0.292. The summed E-state index contributed by atoms with van der Waals surface area (Å²) in [5.74, 6) is 0.981. The van der Waals surface area contributed by atoms with Gasteiger partial charge in [-0.3, -0.25) is 0 Å². The maximum Gasteiger partial charge on any atom is 0.118 e. The van der Waals surface area contributed by atoms with Crippen molar-refractivity contribution in [1.82, 2.24) is 0 Å². The van der Waals surface area contributed by atoms with Gasteiger partial charge < -0.3 is 11.7 Å². The van der Waals surface area contributed by atoms with Crippen LogP contribution >= 0.6 is 0 Å². The van der Waals surface area contributed by atoms with Crippen LogP contribution in [-0.4, -0.2) is 6.61 Å². The topological polar surface area (TPSA) is 9.23 Å². The zero-order valence-corrected chi connectivity index (χ0v) is 10.9. The average Bonchev–Trinajstić information content (AvgIpc) is 2.09. The molecule has 1 aromatic rings. The van der Waals surface area contributed by atoms with Gasteiger partial charge in [0.25, 0.3) is 0 Å². The molecule has 0 aliphatic heterocycles. The Bertz CT molecular complexity index is 210. The maximum absolute atomic E-state index is 5.38. The summed E-state index contributed by atoms with van der Waals surface area (Å²) in [6.07, 6.45) is 2.23. The third kappa shape index (κ3) is 3.95. The van der Waals surface area contributed by atoms with Crippen LogP contribution in [0, 0.1) is 6.92 Å². The summed E-state index contributed by atoms with van der Waals surface area (Å²) in [6.45, 7) is 6.33. The van der Waals surface area contributed by atoms with Crippen LogP contribution in [-0.2, 0) is 27.5 Å². The second-order valence-corrected chi connectivity index (χ2v) is 2.71. The molecule has 0 fully saturated rings. The van der Waals surface area contributed by atoms with Crippen LogP contribution in [0.2, 0.25) is 0 Å². The Morgan fingerprint density at radius 3 is 2.62 bits per heavy atom. The van der Waals surface area contributed by atoms with Crippen molar-refractivity contribution in [2.24, 2.45) is 0 Å². The van der Waals surface area contributed by atoms with E-state index in [2.05, 4.69) is 19.9 Å². The average molecular weight is 347 g/mol. The first-order valence-corrected chi connectivity index (χ1v) is 4.38. The Morgan fingerprint density at radius 2 is 2.00 bits per heavy atom. The van der Waals surface area contributed by atoms with E-state index in [1.54, 1.807) is 0 Å². The molecule has 1 aromatic carbocycles. The van der Waals surface area contributed by atoms with E-state index in [-0.39, 0.29) is 21.1 Å². The zero-order chi connectivity index (χ0) is 8.81. The van der Waals surface area contributed by atoms with Crippen molar-refractivity contribution in [2.75, 3.05) is 6.61 Å². The molecule has 0 spiro atoms. The van der Waals surface area contributed by atoms with Crippen molar-refractivity contribution in [3.8, 4) is 5.75 Å². The van der Waals surface area contributed by atoms with Crippen LogP contribution in [0.3, 0.4) is 0 Å². The molecule has 0 bridgehead atoms. The van der Waals surface area contributed by atoms with Crippen LogP contribution in [0.5, 0.6) is 5.75 Å². The fourth-order valence-corrected chi connectivity index (χ4v) is 1.23. The first-order valence-electron chi connectivity index (χ1n) is 4.38. The van der Waals surface area contributed by atoms with Crippen LogP contribution in [0.1, 0.15) is 18.9 Å². The van der Waals surface area contributed by atoms with Crippen molar-refractivity contribution in [2.45, 2.75) is 19.8 Å². The standard InChI is InChI=1S/C11H15O.W/c1-3-7-10-8-5-6-9-11(10)12-4-2;/h5-6,8-9H,2-4,7H2,1H3;/q-1;. The molecule has 0 radical (unpaired) electrons. The molecule has 0 atom stereocenters. The summed E-state index contributed by atoms with van der Waals surface area (Å²) in [5.41, 5.74) is 1.28. The third-order valence-corrected chi connectivity index (χ3v) is 1.75. The Labute approximate surface area is 94.8 Å². The maximum atomic E-state index is 5.38. The van der Waals surface area contributed by atoms with Gasteiger partial charge in [-0.15, -0.1) is 0 Å². The van der Waals surface area contributed by atoms with E-state index in [9.17, 15) is 0 Å². The second-order valence-electron chi connectivity index (χ2n) is 2.71. The fraction of sp³-hybridized carbons (Fsp3) is 0.364. The normalized spacial score (nSPS) is 9.08. The number of hydrogen-bond acceptors (Lipinski definition) is 1. The molecule has 72 valence electrons. The second kappa shape index (κ2) is 7.14. The number of hydrogen-bond donors (Lipinski definition) is 0. The van der Waals surface area contributed by atoms with Crippen LogP contribution in [0.15, 0.2) is 24.3 Å². The zero-order valence-electron chi connectivity index (χ0n) is 7.95. The van der Waals surface area contributed by atoms with E-state index in [1.165, 1.54) is 5.56 Å². The van der Waals surface area contributed by atoms with Crippen LogP contribution in [0.25, 0.3) is 0 Å². The molecule has 1 nitrogen and oxygen atoms in total. The molecule has 13 heavy (non-hydrogen) atoms. The van der Waals surface area contributed by atoms with Crippen molar-refractivity contribution < 1.29 is 25.8 Å². The smallest absolute Gasteiger partial charge is 0.118 e. The minimum atomic E-state index is 0. The molecular formula is C11H15OW-. The van der Waals surface area contributed by atoms with E-state index < -0.39 is 0 Å². The molecular weight excluding hydrogens is 332 g/mol. The summed E-state index contributed by atoms with van der Waals surface area (Å²) in [5, 5.41) is 0. The van der Waals surface area contributed by atoms with Crippen molar-refractivity contribution in [3.63, 3.8) is 0 Å². The SMILES string of the molecule is [CH2-]COc1ccccc1CCC.[W]. The van der Waals surface area contributed by atoms with Gasteiger partial charge in [0.1, 0.15) is 5.75 Å². The van der Waals surface area contributed by atoms with Gasteiger partial charge in [-0.05, 0) is 24.7 Å². The molecule has 0 heterocycles. The Kier molecular flexibility index (Phi) is 6.98. The van der Waals surface area contributed by atoms with Crippen LogP contribution < -0.4 is 4.74 Å². The monoisotopic (exact) mass is 347 g/mol. The summed E-state index contributed by atoms with van der Waals surface area (Å²) in [6, 6.07) is 8.13. The minimum Gasteiger partial charge on any atom is -0.525 e. The van der Waals surface area contributed by atoms with Crippen LogP contribution in [0.4, 0.5) is 0 Å². The molecule has 0 amide bonds. The van der Waals surface area contributed by atoms with Gasteiger partial charge in [-0.2, -0.15) is 0 Å². The number of benzene rings is 1. The summed E-state index contributed by atoms with van der Waals surface area (Å²) in [4.78, 5) is 0. The molecule has 0 unspecified atom stereocenters. The third-order valence-electron chi connectivity index (χ3n) is 1.75. The van der Waals surface area contributed by atoms with Gasteiger partial charge in [-0.25, -0.2) is 0 Å². The molecule has 0 N–H and O–H groups in total. The first kappa shape index (κ1) is 12.7. The largest absolute Gasteiger partial charge is 0.525 e. The molecule has 1 rings (SSSR count). The van der Waals surface area contributed by atoms with Gasteiger partial charge in [0.2, 0.25) is 0 Å². The van der Waals surface area contributed by atoms with Crippen molar-refractivity contribution in [1.29, 1.82) is 0 Å². The van der Waals surface area contributed by atoms with E-state index in [0.717, 1.165) is 18.6 Å². The van der Waals surface area contributed by atoms with Crippen molar-refractivity contribution >= 4 is 0 Å². The number of rotatable bonds is 4. The molecule has 0 aliphatic carbocycles. The van der Waals surface area contributed by atoms with E-state index in [4.69, 9.17) is 4.74 Å². The fourth-order valence-electron chi connectivity index (χ4n) is 1.23. The Balaban J connectivity index is 0.00000144. The summed E-state index contributed by atoms with van der Waals surface area (Å²) >= 11 is 0. The molecule has 0 saturated carbocycles. The number of para-hydroxylation sites is 1. The van der Waals surface area contributed by atoms with E-state index in [1.807, 2.05) is 18.2 Å². The number of ether oxygens (including phenoxy) is 1.